The molecule has 2 heterocycles. The average molecular weight is 379 g/mol. The molecule has 22 heavy (non-hydrogen) atoms. The Labute approximate surface area is 141 Å². The zero-order valence-electron chi connectivity index (χ0n) is 12.4. The minimum atomic E-state index is 0.0556. The normalized spacial score (nSPS) is 12.5. The molecule has 3 aromatic rings. The summed E-state index contributed by atoms with van der Waals surface area (Å²) in [4.78, 5) is 4.51. The van der Waals surface area contributed by atoms with Gasteiger partial charge < -0.3 is 8.98 Å². The van der Waals surface area contributed by atoms with Crippen LogP contribution in [0.4, 0.5) is 0 Å². The zero-order chi connectivity index (χ0) is 15.7. The van der Waals surface area contributed by atoms with Crippen LogP contribution >= 0.6 is 27.7 Å². The molecular weight excluding hydrogens is 364 g/mol. The van der Waals surface area contributed by atoms with Gasteiger partial charge in [-0.2, -0.15) is 0 Å². The maximum atomic E-state index is 5.48. The molecule has 0 N–H and O–H groups in total. The van der Waals surface area contributed by atoms with Gasteiger partial charge in [0.15, 0.2) is 5.16 Å². The van der Waals surface area contributed by atoms with Crippen LogP contribution in [-0.2, 0) is 7.05 Å². The molecule has 5 nitrogen and oxygen atoms in total. The molecule has 0 amide bonds. The van der Waals surface area contributed by atoms with Gasteiger partial charge in [-0.25, -0.2) is 4.98 Å². The van der Waals surface area contributed by atoms with E-state index in [0.29, 0.717) is 11.8 Å². The van der Waals surface area contributed by atoms with Gasteiger partial charge in [-0.05, 0) is 24.6 Å². The summed E-state index contributed by atoms with van der Waals surface area (Å²) in [7, 11) is 2.01. The summed E-state index contributed by atoms with van der Waals surface area (Å²) in [5, 5.41) is 8.91. The van der Waals surface area contributed by atoms with Gasteiger partial charge in [-0.1, -0.05) is 39.8 Å². The van der Waals surface area contributed by atoms with Gasteiger partial charge in [0.25, 0.3) is 0 Å². The van der Waals surface area contributed by atoms with Crippen molar-refractivity contribution in [3.05, 3.63) is 46.7 Å². The summed E-state index contributed by atoms with van der Waals surface area (Å²) >= 11 is 5.05. The lowest BCUT2D eigenvalue weighted by molar-refractivity contribution is 0.470. The van der Waals surface area contributed by atoms with Crippen molar-refractivity contribution in [2.45, 2.75) is 24.3 Å². The minimum Gasteiger partial charge on any atom is -0.424 e. The number of hydrogen-bond donors (Lipinski definition) is 0. The standard InChI is InChI=1S/C15H15BrN4OS/c1-9(14-19-18-10(2)21-14)22-15-17-8-13(20(15)3)11-4-6-12(16)7-5-11/h4-9H,1-3H3/t9-/m1/s1. The van der Waals surface area contributed by atoms with Gasteiger partial charge in [-0.3, -0.25) is 0 Å². The lowest BCUT2D eigenvalue weighted by Gasteiger charge is -2.08. The SMILES string of the molecule is Cc1nnc([C@@H](C)Sc2ncc(-c3ccc(Br)cc3)n2C)o1. The smallest absolute Gasteiger partial charge is 0.229 e. The highest BCUT2D eigenvalue weighted by Gasteiger charge is 2.18. The molecule has 114 valence electrons. The Hall–Kier alpha value is -1.60. The molecule has 0 saturated carbocycles. The van der Waals surface area contributed by atoms with Crippen molar-refractivity contribution >= 4 is 27.7 Å². The van der Waals surface area contributed by atoms with Crippen LogP contribution in [0.25, 0.3) is 11.3 Å². The van der Waals surface area contributed by atoms with Crippen LogP contribution < -0.4 is 0 Å². The molecule has 7 heteroatoms. The molecule has 3 rings (SSSR count). The third kappa shape index (κ3) is 3.10. The molecule has 0 aliphatic heterocycles. The first-order valence-corrected chi connectivity index (χ1v) is 8.46. The molecule has 0 radical (unpaired) electrons. The van der Waals surface area contributed by atoms with Crippen molar-refractivity contribution < 1.29 is 4.42 Å². The van der Waals surface area contributed by atoms with E-state index in [0.717, 1.165) is 20.9 Å². The minimum absolute atomic E-state index is 0.0556. The monoisotopic (exact) mass is 378 g/mol. The van der Waals surface area contributed by atoms with E-state index in [4.69, 9.17) is 4.42 Å². The number of rotatable bonds is 4. The predicted octanol–water partition coefficient (Wildman–Crippen LogP) is 4.39. The Bertz CT molecular complexity index is 781. The van der Waals surface area contributed by atoms with Gasteiger partial charge in [0, 0.05) is 18.4 Å². The first-order valence-electron chi connectivity index (χ1n) is 6.79. The second-order valence-corrected chi connectivity index (χ2v) is 7.13. The number of aromatic nitrogens is 4. The summed E-state index contributed by atoms with van der Waals surface area (Å²) in [6.45, 7) is 3.83. The number of nitrogens with zero attached hydrogens (tertiary/aromatic N) is 4. The van der Waals surface area contributed by atoms with Gasteiger partial charge in [-0.15, -0.1) is 10.2 Å². The van der Waals surface area contributed by atoms with Crippen molar-refractivity contribution in [1.82, 2.24) is 19.7 Å². The number of thioether (sulfide) groups is 1. The number of aryl methyl sites for hydroxylation is 1. The molecule has 2 aromatic heterocycles. The molecule has 0 spiro atoms. The number of halogens is 1. The molecule has 1 atom stereocenters. The second kappa shape index (κ2) is 6.26. The maximum absolute atomic E-state index is 5.48. The van der Waals surface area contributed by atoms with E-state index < -0.39 is 0 Å². The molecular formula is C15H15BrN4OS. The number of benzene rings is 1. The molecule has 0 saturated heterocycles. The summed E-state index contributed by atoms with van der Waals surface area (Å²) in [6, 6.07) is 8.19. The molecule has 0 bridgehead atoms. The van der Waals surface area contributed by atoms with Crippen molar-refractivity contribution in [3.8, 4) is 11.3 Å². The van der Waals surface area contributed by atoms with Crippen LogP contribution in [0.15, 0.2) is 44.5 Å². The van der Waals surface area contributed by atoms with E-state index >= 15 is 0 Å². The van der Waals surface area contributed by atoms with Crippen LogP contribution in [0.3, 0.4) is 0 Å². The van der Waals surface area contributed by atoms with Gasteiger partial charge in [0.2, 0.25) is 11.8 Å². The highest BCUT2D eigenvalue weighted by Crippen LogP contribution is 2.35. The summed E-state index contributed by atoms with van der Waals surface area (Å²) in [6.07, 6.45) is 1.89. The van der Waals surface area contributed by atoms with Gasteiger partial charge in [0.1, 0.15) is 0 Å². The topological polar surface area (TPSA) is 56.7 Å². The van der Waals surface area contributed by atoms with E-state index in [1.165, 1.54) is 0 Å². The van der Waals surface area contributed by atoms with Crippen LogP contribution in [0, 0.1) is 6.92 Å². The van der Waals surface area contributed by atoms with Crippen molar-refractivity contribution in [2.24, 2.45) is 7.05 Å². The molecule has 0 unspecified atom stereocenters. The first kappa shape index (κ1) is 15.3. The Morgan fingerprint density at radius 3 is 2.59 bits per heavy atom. The summed E-state index contributed by atoms with van der Waals surface area (Å²) in [5.74, 6) is 1.20. The lowest BCUT2D eigenvalue weighted by atomic mass is 10.2. The highest BCUT2D eigenvalue weighted by atomic mass is 79.9. The summed E-state index contributed by atoms with van der Waals surface area (Å²) < 4.78 is 8.62. The Balaban J connectivity index is 1.82. The quantitative estimate of drug-likeness (QED) is 0.629. The Kier molecular flexibility index (Phi) is 4.35. The van der Waals surface area contributed by atoms with Gasteiger partial charge in [0.05, 0.1) is 17.1 Å². The second-order valence-electron chi connectivity index (χ2n) is 4.91. The van der Waals surface area contributed by atoms with E-state index in [9.17, 15) is 0 Å². The molecule has 1 aromatic carbocycles. The van der Waals surface area contributed by atoms with Crippen LogP contribution in [-0.4, -0.2) is 19.7 Å². The lowest BCUT2D eigenvalue weighted by Crippen LogP contribution is -1.97. The van der Waals surface area contributed by atoms with E-state index in [1.54, 1.807) is 18.7 Å². The van der Waals surface area contributed by atoms with E-state index in [-0.39, 0.29) is 5.25 Å². The number of hydrogen-bond acceptors (Lipinski definition) is 5. The van der Waals surface area contributed by atoms with Crippen LogP contribution in [0.2, 0.25) is 0 Å². The first-order chi connectivity index (χ1) is 10.5. The third-order valence-corrected chi connectivity index (χ3v) is 4.93. The fourth-order valence-electron chi connectivity index (χ4n) is 2.08. The van der Waals surface area contributed by atoms with Crippen LogP contribution in [0.5, 0.6) is 0 Å². The zero-order valence-corrected chi connectivity index (χ0v) is 14.8. The van der Waals surface area contributed by atoms with Crippen molar-refractivity contribution in [3.63, 3.8) is 0 Å². The average Bonchev–Trinajstić information content (AvgIpc) is 3.08. The summed E-state index contributed by atoms with van der Waals surface area (Å²) in [5.41, 5.74) is 2.20. The Morgan fingerprint density at radius 2 is 1.95 bits per heavy atom. The number of imidazole rings is 1. The van der Waals surface area contributed by atoms with Crippen molar-refractivity contribution in [1.29, 1.82) is 0 Å². The fourth-order valence-corrected chi connectivity index (χ4v) is 3.22. The van der Waals surface area contributed by atoms with Crippen molar-refractivity contribution in [2.75, 3.05) is 0 Å². The molecule has 0 aliphatic rings. The largest absolute Gasteiger partial charge is 0.424 e. The maximum Gasteiger partial charge on any atom is 0.229 e. The predicted molar refractivity (Wildman–Crippen MR) is 89.7 cm³/mol. The molecule has 0 aliphatic carbocycles. The van der Waals surface area contributed by atoms with Crippen LogP contribution in [0.1, 0.15) is 24.0 Å². The highest BCUT2D eigenvalue weighted by molar-refractivity contribution is 9.10. The molecule has 0 fully saturated rings. The van der Waals surface area contributed by atoms with E-state index in [2.05, 4.69) is 47.8 Å². The third-order valence-electron chi connectivity index (χ3n) is 3.26. The van der Waals surface area contributed by atoms with E-state index in [1.807, 2.05) is 32.3 Å². The Morgan fingerprint density at radius 1 is 1.23 bits per heavy atom. The fraction of sp³-hybridized carbons (Fsp3) is 0.267. The van der Waals surface area contributed by atoms with Gasteiger partial charge >= 0.3 is 0 Å².